The molecule has 0 bridgehead atoms. The van der Waals surface area contributed by atoms with E-state index in [2.05, 4.69) is 21.2 Å². The Hall–Kier alpha value is -0.550. The van der Waals surface area contributed by atoms with Crippen molar-refractivity contribution in [3.05, 3.63) is 28.5 Å². The molecule has 1 aromatic carbocycles. The summed E-state index contributed by atoms with van der Waals surface area (Å²) in [6, 6.07) is 4.27. The number of nitrogens with one attached hydrogen (secondary N) is 1. The van der Waals surface area contributed by atoms with E-state index in [4.69, 9.17) is 0 Å². The third kappa shape index (κ3) is 3.45. The van der Waals surface area contributed by atoms with Gasteiger partial charge in [0.2, 0.25) is 5.91 Å². The topological polar surface area (TPSA) is 29.1 Å². The number of benzene rings is 1. The first-order valence-corrected chi connectivity index (χ1v) is 7.38. The standard InChI is InChI=1S/C12H13BrFNOS/c13-9-7-8(14)4-5-10(9)15-12(16)11-3-1-2-6-17-11/h4-5,7,11H,1-3,6H2,(H,15,16). The fraction of sp³-hybridized carbons (Fsp3) is 0.417. The predicted molar refractivity (Wildman–Crippen MR) is 72.8 cm³/mol. The number of thioether (sulfide) groups is 1. The van der Waals surface area contributed by atoms with Gasteiger partial charge in [-0.05, 0) is 52.7 Å². The quantitative estimate of drug-likeness (QED) is 0.898. The number of amides is 1. The predicted octanol–water partition coefficient (Wildman–Crippen LogP) is 3.81. The van der Waals surface area contributed by atoms with Crippen molar-refractivity contribution in [1.82, 2.24) is 0 Å². The first kappa shape index (κ1) is 12.9. The zero-order valence-corrected chi connectivity index (χ0v) is 11.6. The van der Waals surface area contributed by atoms with E-state index in [1.165, 1.54) is 18.6 Å². The van der Waals surface area contributed by atoms with E-state index in [9.17, 15) is 9.18 Å². The molecule has 5 heteroatoms. The Balaban J connectivity index is 2.02. The third-order valence-corrected chi connectivity index (χ3v) is 4.69. The van der Waals surface area contributed by atoms with Crippen LogP contribution in [0.2, 0.25) is 0 Å². The molecule has 2 nitrogen and oxygen atoms in total. The first-order valence-electron chi connectivity index (χ1n) is 5.54. The van der Waals surface area contributed by atoms with Gasteiger partial charge >= 0.3 is 0 Å². The molecule has 0 saturated carbocycles. The molecule has 1 atom stereocenters. The lowest BCUT2D eigenvalue weighted by atomic mass is 10.2. The second kappa shape index (κ2) is 5.87. The van der Waals surface area contributed by atoms with Gasteiger partial charge in [-0.3, -0.25) is 4.79 Å². The molecule has 0 spiro atoms. The highest BCUT2D eigenvalue weighted by Crippen LogP contribution is 2.28. The van der Waals surface area contributed by atoms with Crippen LogP contribution in [0.4, 0.5) is 10.1 Å². The second-order valence-corrected chi connectivity index (χ2v) is 6.13. The summed E-state index contributed by atoms with van der Waals surface area (Å²) in [5.74, 6) is 0.742. The third-order valence-electron chi connectivity index (χ3n) is 2.66. The van der Waals surface area contributed by atoms with E-state index >= 15 is 0 Å². The molecule has 92 valence electrons. The van der Waals surface area contributed by atoms with E-state index in [-0.39, 0.29) is 17.0 Å². The summed E-state index contributed by atoms with van der Waals surface area (Å²) in [7, 11) is 0. The van der Waals surface area contributed by atoms with E-state index in [1.807, 2.05) is 0 Å². The normalized spacial score (nSPS) is 20.0. The van der Waals surface area contributed by atoms with Gasteiger partial charge in [-0.1, -0.05) is 6.42 Å². The summed E-state index contributed by atoms with van der Waals surface area (Å²) in [6.07, 6.45) is 3.22. The monoisotopic (exact) mass is 317 g/mol. The van der Waals surface area contributed by atoms with Crippen molar-refractivity contribution in [2.75, 3.05) is 11.1 Å². The van der Waals surface area contributed by atoms with Crippen LogP contribution in [0.1, 0.15) is 19.3 Å². The number of rotatable bonds is 2. The summed E-state index contributed by atoms with van der Waals surface area (Å²) < 4.78 is 13.5. The molecular formula is C12H13BrFNOS. The van der Waals surface area contributed by atoms with Gasteiger partial charge < -0.3 is 5.32 Å². The van der Waals surface area contributed by atoms with Crippen molar-refractivity contribution in [3.8, 4) is 0 Å². The molecule has 1 N–H and O–H groups in total. The van der Waals surface area contributed by atoms with Crippen LogP contribution in [-0.2, 0) is 4.79 Å². The van der Waals surface area contributed by atoms with E-state index < -0.39 is 0 Å². The van der Waals surface area contributed by atoms with Crippen molar-refractivity contribution in [1.29, 1.82) is 0 Å². The molecule has 1 aromatic rings. The highest BCUT2D eigenvalue weighted by Gasteiger charge is 2.22. The minimum Gasteiger partial charge on any atom is -0.324 e. The van der Waals surface area contributed by atoms with Gasteiger partial charge in [0.1, 0.15) is 5.82 Å². The Labute approximate surface area is 112 Å². The van der Waals surface area contributed by atoms with E-state index in [0.717, 1.165) is 18.6 Å². The zero-order chi connectivity index (χ0) is 12.3. The maximum Gasteiger partial charge on any atom is 0.237 e. The lowest BCUT2D eigenvalue weighted by Gasteiger charge is -2.20. The summed E-state index contributed by atoms with van der Waals surface area (Å²) in [4.78, 5) is 12.0. The lowest BCUT2D eigenvalue weighted by Crippen LogP contribution is -2.27. The highest BCUT2D eigenvalue weighted by atomic mass is 79.9. The number of carbonyl (C=O) groups excluding carboxylic acids is 1. The number of hydrogen-bond acceptors (Lipinski definition) is 2. The van der Waals surface area contributed by atoms with Crippen LogP contribution >= 0.6 is 27.7 Å². The fourth-order valence-corrected chi connectivity index (χ4v) is 3.40. The van der Waals surface area contributed by atoms with Crippen molar-refractivity contribution < 1.29 is 9.18 Å². The Morgan fingerprint density at radius 2 is 2.29 bits per heavy atom. The summed E-state index contributed by atoms with van der Waals surface area (Å²) in [6.45, 7) is 0. The summed E-state index contributed by atoms with van der Waals surface area (Å²) >= 11 is 4.94. The summed E-state index contributed by atoms with van der Waals surface area (Å²) in [5, 5.41) is 2.86. The van der Waals surface area contributed by atoms with Gasteiger partial charge in [0.15, 0.2) is 0 Å². The Kier molecular flexibility index (Phi) is 4.45. The molecule has 1 aliphatic heterocycles. The number of carbonyl (C=O) groups is 1. The molecule has 1 heterocycles. The average Bonchev–Trinajstić information content (AvgIpc) is 2.34. The van der Waals surface area contributed by atoms with Crippen LogP contribution in [0, 0.1) is 5.82 Å². The Bertz CT molecular complexity index is 421. The Morgan fingerprint density at radius 1 is 1.47 bits per heavy atom. The largest absolute Gasteiger partial charge is 0.324 e. The molecule has 1 amide bonds. The number of hydrogen-bond donors (Lipinski definition) is 1. The molecule has 17 heavy (non-hydrogen) atoms. The molecule has 1 fully saturated rings. The van der Waals surface area contributed by atoms with Gasteiger partial charge in [0, 0.05) is 4.47 Å². The molecule has 0 aromatic heterocycles. The second-order valence-electron chi connectivity index (χ2n) is 3.97. The molecule has 0 aliphatic carbocycles. The van der Waals surface area contributed by atoms with Crippen LogP contribution in [0.15, 0.2) is 22.7 Å². The molecule has 1 unspecified atom stereocenters. The zero-order valence-electron chi connectivity index (χ0n) is 9.21. The molecule has 2 rings (SSSR count). The van der Waals surface area contributed by atoms with Gasteiger partial charge in [0.05, 0.1) is 10.9 Å². The molecule has 0 radical (unpaired) electrons. The fourth-order valence-electron chi connectivity index (χ4n) is 1.75. The maximum atomic E-state index is 12.9. The van der Waals surface area contributed by atoms with Crippen molar-refractivity contribution in [3.63, 3.8) is 0 Å². The van der Waals surface area contributed by atoms with Crippen LogP contribution in [0.5, 0.6) is 0 Å². The minimum atomic E-state index is -0.318. The van der Waals surface area contributed by atoms with E-state index in [1.54, 1.807) is 17.8 Å². The van der Waals surface area contributed by atoms with Gasteiger partial charge in [-0.15, -0.1) is 11.8 Å². The van der Waals surface area contributed by atoms with Gasteiger partial charge in [-0.2, -0.15) is 0 Å². The van der Waals surface area contributed by atoms with Crippen molar-refractivity contribution >= 4 is 39.3 Å². The molecule has 1 saturated heterocycles. The molecular weight excluding hydrogens is 305 g/mol. The average molecular weight is 318 g/mol. The van der Waals surface area contributed by atoms with Gasteiger partial charge in [0.25, 0.3) is 0 Å². The first-order chi connectivity index (χ1) is 8.16. The minimum absolute atomic E-state index is 0.0157. The number of halogens is 2. The van der Waals surface area contributed by atoms with Crippen LogP contribution < -0.4 is 5.32 Å². The molecule has 1 aliphatic rings. The maximum absolute atomic E-state index is 12.9. The lowest BCUT2D eigenvalue weighted by molar-refractivity contribution is -0.115. The summed E-state index contributed by atoms with van der Waals surface area (Å²) in [5.41, 5.74) is 0.627. The Morgan fingerprint density at radius 3 is 2.94 bits per heavy atom. The number of anilines is 1. The SMILES string of the molecule is O=C(Nc1ccc(F)cc1Br)C1CCCCS1. The van der Waals surface area contributed by atoms with Crippen molar-refractivity contribution in [2.45, 2.75) is 24.5 Å². The van der Waals surface area contributed by atoms with E-state index in [0.29, 0.717) is 10.2 Å². The van der Waals surface area contributed by atoms with Crippen LogP contribution in [-0.4, -0.2) is 16.9 Å². The highest BCUT2D eigenvalue weighted by molar-refractivity contribution is 9.10. The van der Waals surface area contributed by atoms with Crippen LogP contribution in [0.3, 0.4) is 0 Å². The van der Waals surface area contributed by atoms with Gasteiger partial charge in [-0.25, -0.2) is 4.39 Å². The van der Waals surface area contributed by atoms with Crippen molar-refractivity contribution in [2.24, 2.45) is 0 Å². The smallest absolute Gasteiger partial charge is 0.237 e. The van der Waals surface area contributed by atoms with Crippen LogP contribution in [0.25, 0.3) is 0 Å².